The van der Waals surface area contributed by atoms with Gasteiger partial charge in [-0.2, -0.15) is 0 Å². The summed E-state index contributed by atoms with van der Waals surface area (Å²) in [6, 6.07) is 10.0. The van der Waals surface area contributed by atoms with E-state index in [1.165, 1.54) is 88.8 Å². The molecule has 0 aromatic heterocycles. The SMILES string of the molecule is COc1ccc(C[C@@H]2CN3C(=NC[C@H]3CC3CCCCC3)N2CCC23CC4CC(CC(C4)C2)C3)cc1. The van der Waals surface area contributed by atoms with Crippen LogP contribution in [0.2, 0.25) is 0 Å². The largest absolute Gasteiger partial charge is 0.497 e. The maximum atomic E-state index is 5.42. The Morgan fingerprint density at radius 1 is 0.917 bits per heavy atom. The highest BCUT2D eigenvalue weighted by molar-refractivity contribution is 5.84. The van der Waals surface area contributed by atoms with Gasteiger partial charge >= 0.3 is 0 Å². The zero-order valence-corrected chi connectivity index (χ0v) is 22.5. The summed E-state index contributed by atoms with van der Waals surface area (Å²) in [7, 11) is 1.76. The van der Waals surface area contributed by atoms with Gasteiger partial charge < -0.3 is 14.5 Å². The molecule has 7 aliphatic rings. The first-order chi connectivity index (χ1) is 17.7. The van der Waals surface area contributed by atoms with E-state index in [2.05, 4.69) is 34.1 Å². The number of methoxy groups -OCH3 is 1. The van der Waals surface area contributed by atoms with Crippen molar-refractivity contribution in [3.05, 3.63) is 29.8 Å². The Bertz CT molecular complexity index is 913. The third-order valence-electron chi connectivity index (χ3n) is 11.3. The lowest BCUT2D eigenvalue weighted by Crippen LogP contribution is -2.48. The summed E-state index contributed by atoms with van der Waals surface area (Å²) in [5.74, 6) is 6.39. The molecule has 2 heterocycles. The lowest BCUT2D eigenvalue weighted by atomic mass is 9.49. The highest BCUT2D eigenvalue weighted by atomic mass is 16.5. The quantitative estimate of drug-likeness (QED) is 0.415. The van der Waals surface area contributed by atoms with Gasteiger partial charge in [0.1, 0.15) is 5.75 Å². The highest BCUT2D eigenvalue weighted by Gasteiger charge is 2.51. The first-order valence-electron chi connectivity index (χ1n) is 15.4. The third-order valence-corrected chi connectivity index (χ3v) is 11.3. The number of hydrogen-bond donors (Lipinski definition) is 0. The topological polar surface area (TPSA) is 28.1 Å². The van der Waals surface area contributed by atoms with Gasteiger partial charge in [0.2, 0.25) is 0 Å². The molecule has 196 valence electrons. The summed E-state index contributed by atoms with van der Waals surface area (Å²) in [6.07, 6.45) is 20.3. The lowest BCUT2D eigenvalue weighted by Gasteiger charge is -2.57. The van der Waals surface area contributed by atoms with Gasteiger partial charge in [-0.05, 0) is 105 Å². The molecule has 2 atom stereocenters. The van der Waals surface area contributed by atoms with Crippen LogP contribution >= 0.6 is 0 Å². The number of fused-ring (bicyclic) bond motifs is 1. The number of guanidine groups is 1. The van der Waals surface area contributed by atoms with E-state index in [0.29, 0.717) is 17.5 Å². The molecule has 4 heteroatoms. The third kappa shape index (κ3) is 4.45. The van der Waals surface area contributed by atoms with Crippen molar-refractivity contribution < 1.29 is 4.74 Å². The molecular formula is C32H47N3O. The van der Waals surface area contributed by atoms with Gasteiger partial charge in [-0.25, -0.2) is 0 Å². The van der Waals surface area contributed by atoms with Crippen molar-refractivity contribution in [2.24, 2.45) is 34.1 Å². The number of hydrogen-bond acceptors (Lipinski definition) is 4. The minimum absolute atomic E-state index is 0.556. The maximum absolute atomic E-state index is 5.42. The zero-order valence-electron chi connectivity index (χ0n) is 22.5. The standard InChI is InChI=1S/C32H47N3O/c1-36-30-9-7-24(8-10-30)17-29-22-35-28(16-23-5-3-2-4-6-23)21-33-31(35)34(29)12-11-32-18-25-13-26(19-32)15-27(14-25)20-32/h7-10,23,25-29H,2-6,11-22H2,1H3/t25?,26?,27?,28-,29-,32?/m1/s1. The van der Waals surface area contributed by atoms with E-state index in [9.17, 15) is 0 Å². The second-order valence-electron chi connectivity index (χ2n) is 13.8. The van der Waals surface area contributed by atoms with Gasteiger partial charge in [0.15, 0.2) is 5.96 Å². The minimum atomic E-state index is 0.556. The van der Waals surface area contributed by atoms with Crippen LogP contribution in [0, 0.1) is 29.1 Å². The molecule has 0 unspecified atom stereocenters. The minimum Gasteiger partial charge on any atom is -0.497 e. The van der Waals surface area contributed by atoms with Crippen LogP contribution in [0.25, 0.3) is 0 Å². The van der Waals surface area contributed by atoms with Gasteiger partial charge in [-0.1, -0.05) is 44.2 Å². The van der Waals surface area contributed by atoms with Crippen LogP contribution in [0.5, 0.6) is 5.75 Å². The summed E-state index contributed by atoms with van der Waals surface area (Å²) in [5.41, 5.74) is 2.08. The van der Waals surface area contributed by atoms with Gasteiger partial charge in [0, 0.05) is 13.1 Å². The van der Waals surface area contributed by atoms with Gasteiger partial charge in [-0.3, -0.25) is 4.99 Å². The first kappa shape index (κ1) is 23.4. The highest BCUT2D eigenvalue weighted by Crippen LogP contribution is 2.61. The molecule has 36 heavy (non-hydrogen) atoms. The van der Waals surface area contributed by atoms with Crippen molar-refractivity contribution in [2.75, 3.05) is 26.7 Å². The van der Waals surface area contributed by atoms with Crippen LogP contribution < -0.4 is 4.74 Å². The van der Waals surface area contributed by atoms with Crippen LogP contribution in [0.1, 0.15) is 89.0 Å². The van der Waals surface area contributed by atoms with E-state index >= 15 is 0 Å². The van der Waals surface area contributed by atoms with E-state index in [-0.39, 0.29) is 0 Å². The predicted octanol–water partition coefficient (Wildman–Crippen LogP) is 6.54. The molecule has 6 fully saturated rings. The van der Waals surface area contributed by atoms with Crippen LogP contribution in [0.3, 0.4) is 0 Å². The molecule has 0 amide bonds. The van der Waals surface area contributed by atoms with Crippen molar-refractivity contribution in [3.8, 4) is 5.75 Å². The summed E-state index contributed by atoms with van der Waals surface area (Å²) in [4.78, 5) is 10.8. The molecule has 5 saturated carbocycles. The predicted molar refractivity (Wildman–Crippen MR) is 146 cm³/mol. The first-order valence-corrected chi connectivity index (χ1v) is 15.4. The van der Waals surface area contributed by atoms with Crippen LogP contribution in [0.4, 0.5) is 0 Å². The summed E-state index contributed by atoms with van der Waals surface area (Å²) < 4.78 is 5.42. The number of rotatable bonds is 8. The van der Waals surface area contributed by atoms with E-state index in [1.807, 2.05) is 0 Å². The van der Waals surface area contributed by atoms with Crippen molar-refractivity contribution >= 4 is 5.96 Å². The molecule has 1 aromatic rings. The molecule has 4 bridgehead atoms. The van der Waals surface area contributed by atoms with E-state index in [1.54, 1.807) is 26.4 Å². The summed E-state index contributed by atoms with van der Waals surface area (Å²) in [5, 5.41) is 0. The molecule has 4 nitrogen and oxygen atoms in total. The Balaban J connectivity index is 1.07. The van der Waals surface area contributed by atoms with Gasteiger partial charge in [0.25, 0.3) is 0 Å². The molecule has 2 aliphatic heterocycles. The Labute approximate surface area is 218 Å². The lowest BCUT2D eigenvalue weighted by molar-refractivity contribution is -0.0595. The van der Waals surface area contributed by atoms with Crippen LogP contribution in [-0.4, -0.2) is 54.6 Å². The zero-order chi connectivity index (χ0) is 24.1. The van der Waals surface area contributed by atoms with Crippen molar-refractivity contribution in [3.63, 3.8) is 0 Å². The number of ether oxygens (including phenoxy) is 1. The van der Waals surface area contributed by atoms with E-state index < -0.39 is 0 Å². The molecular weight excluding hydrogens is 442 g/mol. The molecule has 8 rings (SSSR count). The molecule has 0 spiro atoms. The second-order valence-corrected chi connectivity index (χ2v) is 13.8. The number of benzene rings is 1. The average molecular weight is 490 g/mol. The van der Waals surface area contributed by atoms with Crippen molar-refractivity contribution in [1.82, 2.24) is 9.80 Å². The Kier molecular flexibility index (Phi) is 6.21. The summed E-state index contributed by atoms with van der Waals surface area (Å²) in [6.45, 7) is 3.43. The number of aliphatic imine (C=N–C) groups is 1. The van der Waals surface area contributed by atoms with Gasteiger partial charge in [0.05, 0.1) is 25.7 Å². The molecule has 1 saturated heterocycles. The van der Waals surface area contributed by atoms with E-state index in [0.717, 1.165) is 42.4 Å². The molecule has 5 aliphatic carbocycles. The number of nitrogens with zero attached hydrogens (tertiary/aromatic N) is 3. The Morgan fingerprint density at radius 3 is 2.28 bits per heavy atom. The van der Waals surface area contributed by atoms with E-state index in [4.69, 9.17) is 9.73 Å². The smallest absolute Gasteiger partial charge is 0.197 e. The van der Waals surface area contributed by atoms with Crippen molar-refractivity contribution in [2.45, 2.75) is 102 Å². The van der Waals surface area contributed by atoms with Gasteiger partial charge in [-0.15, -0.1) is 0 Å². The van der Waals surface area contributed by atoms with Crippen LogP contribution in [-0.2, 0) is 6.42 Å². The molecule has 0 radical (unpaired) electrons. The molecule has 0 N–H and O–H groups in total. The normalized spacial score (nSPS) is 37.5. The van der Waals surface area contributed by atoms with Crippen LogP contribution in [0.15, 0.2) is 29.3 Å². The average Bonchev–Trinajstić information content (AvgIpc) is 3.42. The Morgan fingerprint density at radius 2 is 1.61 bits per heavy atom. The monoisotopic (exact) mass is 489 g/mol. The fourth-order valence-electron chi connectivity index (χ4n) is 9.97. The fourth-order valence-corrected chi connectivity index (χ4v) is 9.97. The maximum Gasteiger partial charge on any atom is 0.197 e. The fraction of sp³-hybridized carbons (Fsp3) is 0.781. The summed E-state index contributed by atoms with van der Waals surface area (Å²) >= 11 is 0. The Hall–Kier alpha value is -1.71. The molecule has 1 aromatic carbocycles. The second kappa shape index (κ2) is 9.55. The van der Waals surface area contributed by atoms with Crippen molar-refractivity contribution in [1.29, 1.82) is 0 Å².